The van der Waals surface area contributed by atoms with Crippen molar-refractivity contribution in [1.82, 2.24) is 0 Å². The molecule has 1 aliphatic rings. The van der Waals surface area contributed by atoms with Crippen LogP contribution < -0.4 is 0 Å². The molecule has 0 aromatic heterocycles. The van der Waals surface area contributed by atoms with Crippen LogP contribution in [-0.2, 0) is 19.1 Å². The van der Waals surface area contributed by atoms with Crippen molar-refractivity contribution < 1.29 is 19.1 Å². The normalized spacial score (nSPS) is 17.4. The smallest absolute Gasteiger partial charge is 0.312 e. The topological polar surface area (TPSA) is 52.6 Å². The zero-order chi connectivity index (χ0) is 13.1. The Morgan fingerprint density at radius 2 is 1.82 bits per heavy atom. The van der Waals surface area contributed by atoms with Crippen molar-refractivity contribution in [2.45, 2.75) is 59.0 Å². The van der Waals surface area contributed by atoms with E-state index >= 15 is 0 Å². The second-order valence-corrected chi connectivity index (χ2v) is 5.59. The molecule has 1 rings (SSSR count). The summed E-state index contributed by atoms with van der Waals surface area (Å²) in [6.07, 6.45) is 2.49. The number of carbonyl (C=O) groups excluding carboxylic acids is 2. The Kier molecular flexibility index (Phi) is 4.17. The van der Waals surface area contributed by atoms with Crippen molar-refractivity contribution in [2.24, 2.45) is 5.41 Å². The molecule has 1 fully saturated rings. The SMILES string of the molecule is CCOC(=O)C1(CCC(=O)OC(C)(C)C)CC1. The molecule has 0 spiro atoms. The highest BCUT2D eigenvalue weighted by Crippen LogP contribution is 2.50. The van der Waals surface area contributed by atoms with Crippen LogP contribution in [0.5, 0.6) is 0 Å². The number of ether oxygens (including phenoxy) is 2. The molecule has 1 aliphatic carbocycles. The van der Waals surface area contributed by atoms with E-state index in [1.165, 1.54) is 0 Å². The molecule has 0 aromatic rings. The first-order valence-corrected chi connectivity index (χ1v) is 6.18. The molecule has 0 N–H and O–H groups in total. The van der Waals surface area contributed by atoms with Gasteiger partial charge in [0.2, 0.25) is 0 Å². The van der Waals surface area contributed by atoms with Gasteiger partial charge in [0.25, 0.3) is 0 Å². The van der Waals surface area contributed by atoms with Crippen molar-refractivity contribution in [2.75, 3.05) is 6.61 Å². The minimum atomic E-state index is -0.461. The van der Waals surface area contributed by atoms with Gasteiger partial charge in [0.1, 0.15) is 5.60 Å². The van der Waals surface area contributed by atoms with Crippen molar-refractivity contribution in [3.05, 3.63) is 0 Å². The fourth-order valence-electron chi connectivity index (χ4n) is 1.73. The van der Waals surface area contributed by atoms with Gasteiger partial charge in [-0.05, 0) is 47.0 Å². The third-order valence-corrected chi connectivity index (χ3v) is 2.79. The van der Waals surface area contributed by atoms with E-state index in [0.29, 0.717) is 13.0 Å². The van der Waals surface area contributed by atoms with Gasteiger partial charge in [-0.1, -0.05) is 0 Å². The van der Waals surface area contributed by atoms with Crippen LogP contribution in [-0.4, -0.2) is 24.1 Å². The van der Waals surface area contributed by atoms with Gasteiger partial charge in [-0.25, -0.2) is 0 Å². The van der Waals surface area contributed by atoms with Crippen LogP contribution in [0.15, 0.2) is 0 Å². The lowest BCUT2D eigenvalue weighted by Crippen LogP contribution is -2.25. The van der Waals surface area contributed by atoms with E-state index in [9.17, 15) is 9.59 Å². The molecule has 0 unspecified atom stereocenters. The summed E-state index contributed by atoms with van der Waals surface area (Å²) in [5.74, 6) is -0.406. The first-order valence-electron chi connectivity index (χ1n) is 6.18. The predicted molar refractivity (Wildman–Crippen MR) is 63.4 cm³/mol. The molecule has 98 valence electrons. The third-order valence-electron chi connectivity index (χ3n) is 2.79. The molecule has 0 aromatic carbocycles. The average Bonchev–Trinajstić information content (AvgIpc) is 2.93. The van der Waals surface area contributed by atoms with Gasteiger partial charge < -0.3 is 9.47 Å². The summed E-state index contributed by atoms with van der Waals surface area (Å²) in [5, 5.41) is 0. The van der Waals surface area contributed by atoms with Crippen molar-refractivity contribution >= 4 is 11.9 Å². The summed E-state index contributed by atoms with van der Waals surface area (Å²) in [7, 11) is 0. The maximum absolute atomic E-state index is 11.7. The third kappa shape index (κ3) is 4.36. The summed E-state index contributed by atoms with van der Waals surface area (Å²) < 4.78 is 10.2. The fraction of sp³-hybridized carbons (Fsp3) is 0.846. The predicted octanol–water partition coefficient (Wildman–Crippen LogP) is 2.45. The standard InChI is InChI=1S/C13H22O4/c1-5-16-11(15)13(8-9-13)7-6-10(14)17-12(2,3)4/h5-9H2,1-4H3. The lowest BCUT2D eigenvalue weighted by atomic mass is 10.0. The van der Waals surface area contributed by atoms with Crippen molar-refractivity contribution in [3.8, 4) is 0 Å². The van der Waals surface area contributed by atoms with Gasteiger partial charge in [0.05, 0.1) is 12.0 Å². The Bertz CT molecular complexity index is 297. The van der Waals surface area contributed by atoms with Crippen LogP contribution in [0.2, 0.25) is 0 Å². The molecule has 0 radical (unpaired) electrons. The van der Waals surface area contributed by atoms with Gasteiger partial charge in [-0.3, -0.25) is 9.59 Å². The second kappa shape index (κ2) is 5.07. The largest absolute Gasteiger partial charge is 0.466 e. The van der Waals surface area contributed by atoms with Crippen molar-refractivity contribution in [1.29, 1.82) is 0 Å². The zero-order valence-corrected chi connectivity index (χ0v) is 11.2. The van der Waals surface area contributed by atoms with E-state index in [1.807, 2.05) is 20.8 Å². The molecular formula is C13H22O4. The van der Waals surface area contributed by atoms with Gasteiger partial charge in [0.15, 0.2) is 0 Å². The number of hydrogen-bond donors (Lipinski definition) is 0. The van der Waals surface area contributed by atoms with Gasteiger partial charge in [-0.2, -0.15) is 0 Å². The van der Waals surface area contributed by atoms with Gasteiger partial charge >= 0.3 is 11.9 Å². The van der Waals surface area contributed by atoms with Gasteiger partial charge in [0, 0.05) is 6.42 Å². The summed E-state index contributed by atoms with van der Waals surface area (Å²) >= 11 is 0. The summed E-state index contributed by atoms with van der Waals surface area (Å²) in [5.41, 5.74) is -0.857. The Morgan fingerprint density at radius 3 is 2.24 bits per heavy atom. The van der Waals surface area contributed by atoms with Crippen LogP contribution in [0.3, 0.4) is 0 Å². The molecule has 0 aliphatic heterocycles. The molecule has 0 heterocycles. The summed E-state index contributed by atoms with van der Waals surface area (Å²) in [4.78, 5) is 23.2. The fourth-order valence-corrected chi connectivity index (χ4v) is 1.73. The Morgan fingerprint density at radius 1 is 1.24 bits per heavy atom. The maximum Gasteiger partial charge on any atom is 0.312 e. The molecule has 4 nitrogen and oxygen atoms in total. The molecule has 0 atom stereocenters. The lowest BCUT2D eigenvalue weighted by molar-refractivity contribution is -0.156. The average molecular weight is 242 g/mol. The minimum absolute atomic E-state index is 0.163. The Hall–Kier alpha value is -1.06. The van der Waals surface area contributed by atoms with E-state index in [2.05, 4.69) is 0 Å². The van der Waals surface area contributed by atoms with Crippen LogP contribution in [0, 0.1) is 5.41 Å². The summed E-state index contributed by atoms with van der Waals surface area (Å²) in [6, 6.07) is 0. The van der Waals surface area contributed by atoms with Crippen LogP contribution in [0.4, 0.5) is 0 Å². The highest BCUT2D eigenvalue weighted by atomic mass is 16.6. The van der Waals surface area contributed by atoms with E-state index in [1.54, 1.807) is 6.92 Å². The maximum atomic E-state index is 11.7. The quantitative estimate of drug-likeness (QED) is 0.695. The molecule has 1 saturated carbocycles. The molecule has 0 amide bonds. The molecule has 4 heteroatoms. The monoisotopic (exact) mass is 242 g/mol. The van der Waals surface area contributed by atoms with E-state index in [0.717, 1.165) is 12.8 Å². The van der Waals surface area contributed by atoms with Gasteiger partial charge in [-0.15, -0.1) is 0 Å². The lowest BCUT2D eigenvalue weighted by Gasteiger charge is -2.20. The highest BCUT2D eigenvalue weighted by molar-refractivity contribution is 5.81. The van der Waals surface area contributed by atoms with Crippen LogP contribution in [0.25, 0.3) is 0 Å². The van der Waals surface area contributed by atoms with E-state index < -0.39 is 11.0 Å². The second-order valence-electron chi connectivity index (χ2n) is 5.59. The molecule has 17 heavy (non-hydrogen) atoms. The zero-order valence-electron chi connectivity index (χ0n) is 11.2. The first-order chi connectivity index (χ1) is 7.79. The summed E-state index contributed by atoms with van der Waals surface area (Å²) in [6.45, 7) is 7.70. The Labute approximate surface area is 103 Å². The van der Waals surface area contributed by atoms with Crippen LogP contribution >= 0.6 is 0 Å². The number of carbonyl (C=O) groups is 2. The Balaban J connectivity index is 2.36. The number of rotatable bonds is 5. The van der Waals surface area contributed by atoms with E-state index in [-0.39, 0.29) is 18.4 Å². The van der Waals surface area contributed by atoms with Crippen molar-refractivity contribution in [3.63, 3.8) is 0 Å². The molecule has 0 bridgehead atoms. The number of esters is 2. The minimum Gasteiger partial charge on any atom is -0.466 e. The molecule has 0 saturated heterocycles. The van der Waals surface area contributed by atoms with Crippen LogP contribution in [0.1, 0.15) is 53.4 Å². The molecular weight excluding hydrogens is 220 g/mol. The first kappa shape index (κ1) is 14.0. The number of hydrogen-bond acceptors (Lipinski definition) is 4. The van der Waals surface area contributed by atoms with E-state index in [4.69, 9.17) is 9.47 Å². The highest BCUT2D eigenvalue weighted by Gasteiger charge is 2.51.